The van der Waals surface area contributed by atoms with Gasteiger partial charge < -0.3 is 14.4 Å². The fourth-order valence-corrected chi connectivity index (χ4v) is 0.340. The summed E-state index contributed by atoms with van der Waals surface area (Å²) in [4.78, 5) is 24.0. The Morgan fingerprint density at radius 2 is 1.47 bits per heavy atom. The third kappa shape index (κ3) is 109. The molecule has 0 N–H and O–H groups in total. The van der Waals surface area contributed by atoms with Gasteiger partial charge in [-0.2, -0.15) is 6.08 Å². The van der Waals surface area contributed by atoms with Crippen LogP contribution in [0.1, 0.15) is 6.42 Å². The summed E-state index contributed by atoms with van der Waals surface area (Å²) in [6.07, 6.45) is 11.5. The number of carbonyl (C=O) groups is 3. The van der Waals surface area contributed by atoms with Crippen molar-refractivity contribution >= 4 is 20.4 Å². The molecule has 0 fully saturated rings. The van der Waals surface area contributed by atoms with Crippen molar-refractivity contribution in [2.75, 3.05) is 0 Å². The molecule has 0 aliphatic heterocycles. The van der Waals surface area contributed by atoms with Crippen molar-refractivity contribution in [3.05, 3.63) is 43.9 Å². The van der Waals surface area contributed by atoms with Gasteiger partial charge >= 0.3 is 17.1 Å². The van der Waals surface area contributed by atoms with Gasteiger partial charge in [-0.25, -0.2) is 31.7 Å². The summed E-state index contributed by atoms with van der Waals surface area (Å²) < 4.78 is 0. The molecule has 0 aromatic heterocycles. The Morgan fingerprint density at radius 3 is 1.53 bits per heavy atom. The molecule has 3 nitrogen and oxygen atoms in total. The van der Waals surface area contributed by atoms with Gasteiger partial charge in [0, 0.05) is 0 Å². The van der Waals surface area contributed by atoms with Gasteiger partial charge in [-0.05, 0) is 0 Å². The fraction of sp³-hybridized carbons (Fsp3) is 0.0909. The predicted octanol–water partition coefficient (Wildman–Crippen LogP) is 1.75. The maximum Gasteiger partial charge on any atom is 2.00 e. The van der Waals surface area contributed by atoms with E-state index in [0.29, 0.717) is 0 Å². The van der Waals surface area contributed by atoms with Gasteiger partial charge in [-0.1, -0.05) is 0 Å². The maximum absolute atomic E-state index is 8.00. The molecule has 0 spiro atoms. The molecule has 1 aliphatic carbocycles. The SMILES string of the molecule is C=C[CH2-].C=O.C=O.C=O.[C-]1=CC=CC1.[Mn+2]. The molecule has 1 rings (SSSR count). The third-order valence-corrected chi connectivity index (χ3v) is 0.586. The second-order valence-electron chi connectivity index (χ2n) is 1.29. The van der Waals surface area contributed by atoms with Crippen LogP contribution in [0.5, 0.6) is 0 Å². The summed E-state index contributed by atoms with van der Waals surface area (Å²) in [5.74, 6) is 0. The Bertz CT molecular complexity index is 130. The van der Waals surface area contributed by atoms with Crippen molar-refractivity contribution in [3.63, 3.8) is 0 Å². The Kier molecular flexibility index (Phi) is 155. The standard InChI is InChI=1S/C5H5.C3H5.3CH2O.Mn/c1-2-4-5-3-1;1-3-2;3*1-2;/h1-3H,4H2;3H,1-2H2;3*1H2;/q2*-1;;;;+2. The van der Waals surface area contributed by atoms with Crippen LogP contribution >= 0.6 is 0 Å². The topological polar surface area (TPSA) is 51.2 Å². The van der Waals surface area contributed by atoms with Crippen molar-refractivity contribution < 1.29 is 31.5 Å². The van der Waals surface area contributed by atoms with E-state index >= 15 is 0 Å². The first-order chi connectivity index (χ1) is 6.91. The van der Waals surface area contributed by atoms with Crippen LogP contribution in [0.25, 0.3) is 0 Å². The summed E-state index contributed by atoms with van der Waals surface area (Å²) in [5.41, 5.74) is 0. The maximum atomic E-state index is 8.00. The number of allylic oxidation sites excluding steroid dienone is 5. The number of hydrogen-bond acceptors (Lipinski definition) is 3. The number of hydrogen-bond donors (Lipinski definition) is 0. The minimum Gasteiger partial charge on any atom is -0.307 e. The molecule has 0 saturated heterocycles. The Morgan fingerprint density at radius 1 is 1.13 bits per heavy atom. The molecule has 15 heavy (non-hydrogen) atoms. The van der Waals surface area contributed by atoms with Crippen LogP contribution in [0.3, 0.4) is 0 Å². The van der Waals surface area contributed by atoms with Crippen LogP contribution in [-0.2, 0) is 31.5 Å². The van der Waals surface area contributed by atoms with Gasteiger partial charge in [0.05, 0.1) is 0 Å². The number of carbonyl (C=O) groups excluding carboxylic acids is 3. The van der Waals surface area contributed by atoms with Gasteiger partial charge in [-0.15, -0.1) is 6.42 Å². The molecule has 85 valence electrons. The number of rotatable bonds is 0. The molecule has 1 radical (unpaired) electrons. The average molecular weight is 251 g/mol. The summed E-state index contributed by atoms with van der Waals surface area (Å²) in [6.45, 7) is 12.5. The monoisotopic (exact) mass is 251 g/mol. The van der Waals surface area contributed by atoms with Crippen LogP contribution in [0, 0.1) is 13.0 Å². The summed E-state index contributed by atoms with van der Waals surface area (Å²) in [7, 11) is 0. The third-order valence-electron chi connectivity index (χ3n) is 0.586. The van der Waals surface area contributed by atoms with Crippen LogP contribution < -0.4 is 0 Å². The first-order valence-corrected chi connectivity index (χ1v) is 3.40. The van der Waals surface area contributed by atoms with Gasteiger partial charge in [0.2, 0.25) is 0 Å². The molecule has 0 aromatic rings. The fourth-order valence-electron chi connectivity index (χ4n) is 0.340. The zero-order valence-electron chi connectivity index (χ0n) is 8.65. The molecule has 4 heteroatoms. The Labute approximate surface area is 102 Å². The van der Waals surface area contributed by atoms with E-state index in [0.717, 1.165) is 6.42 Å². The average Bonchev–Trinajstić information content (AvgIpc) is 2.85. The van der Waals surface area contributed by atoms with E-state index in [9.17, 15) is 0 Å². The molecule has 0 unspecified atom stereocenters. The first-order valence-electron chi connectivity index (χ1n) is 3.40. The van der Waals surface area contributed by atoms with E-state index in [4.69, 9.17) is 14.4 Å². The van der Waals surface area contributed by atoms with Gasteiger partial charge in [0.25, 0.3) is 0 Å². The minimum atomic E-state index is 0. The molecule has 0 atom stereocenters. The van der Waals surface area contributed by atoms with Crippen molar-refractivity contribution in [2.24, 2.45) is 0 Å². The van der Waals surface area contributed by atoms with Crippen molar-refractivity contribution in [3.8, 4) is 0 Å². The first kappa shape index (κ1) is 29.2. The molecule has 0 bridgehead atoms. The van der Waals surface area contributed by atoms with Crippen LogP contribution in [0.15, 0.2) is 30.9 Å². The molecular weight excluding hydrogens is 235 g/mol. The van der Waals surface area contributed by atoms with Crippen molar-refractivity contribution in [2.45, 2.75) is 6.42 Å². The minimum absolute atomic E-state index is 0. The van der Waals surface area contributed by atoms with E-state index in [-0.39, 0.29) is 17.1 Å². The smallest absolute Gasteiger partial charge is 0.307 e. The van der Waals surface area contributed by atoms with E-state index in [2.05, 4.69) is 25.7 Å². The predicted molar refractivity (Wildman–Crippen MR) is 58.5 cm³/mol. The summed E-state index contributed by atoms with van der Waals surface area (Å²) in [5, 5.41) is 0. The Hall–Kier alpha value is -1.38. The summed E-state index contributed by atoms with van der Waals surface area (Å²) in [6, 6.07) is 0. The largest absolute Gasteiger partial charge is 2.00 e. The molecule has 0 amide bonds. The van der Waals surface area contributed by atoms with Crippen molar-refractivity contribution in [1.29, 1.82) is 0 Å². The zero-order chi connectivity index (χ0) is 12.2. The summed E-state index contributed by atoms with van der Waals surface area (Å²) >= 11 is 0. The second kappa shape index (κ2) is 79.8. The molecule has 0 saturated carbocycles. The molecular formula is C11H16MnO3. The van der Waals surface area contributed by atoms with E-state index in [1.807, 2.05) is 32.5 Å². The zero-order valence-corrected chi connectivity index (χ0v) is 9.84. The van der Waals surface area contributed by atoms with Gasteiger partial charge in [0.1, 0.15) is 20.4 Å². The molecule has 0 heterocycles. The quantitative estimate of drug-likeness (QED) is 0.487. The van der Waals surface area contributed by atoms with E-state index in [1.165, 1.54) is 6.08 Å². The Balaban J connectivity index is -0.0000000299. The van der Waals surface area contributed by atoms with Gasteiger partial charge in [-0.3, -0.25) is 6.08 Å². The van der Waals surface area contributed by atoms with Gasteiger partial charge in [0.15, 0.2) is 0 Å². The normalized spacial score (nSPS) is 7.47. The van der Waals surface area contributed by atoms with E-state index in [1.54, 1.807) is 0 Å². The molecule has 1 aliphatic rings. The van der Waals surface area contributed by atoms with Crippen LogP contribution in [-0.4, -0.2) is 20.4 Å². The van der Waals surface area contributed by atoms with Crippen LogP contribution in [0.2, 0.25) is 0 Å². The van der Waals surface area contributed by atoms with E-state index < -0.39 is 0 Å². The molecule has 0 aromatic carbocycles. The van der Waals surface area contributed by atoms with Crippen molar-refractivity contribution in [1.82, 2.24) is 0 Å². The van der Waals surface area contributed by atoms with Crippen LogP contribution in [0.4, 0.5) is 0 Å². The second-order valence-corrected chi connectivity index (χ2v) is 1.29.